The van der Waals surface area contributed by atoms with E-state index in [-0.39, 0.29) is 24.8 Å². The first-order chi connectivity index (χ1) is 3.00. The highest BCUT2D eigenvalue weighted by atomic mass is 35.5. The van der Waals surface area contributed by atoms with Crippen LogP contribution in [0.5, 0.6) is 0 Å². The molecule has 0 radical (unpaired) electrons. The SMILES string of the molecule is C=C.C=C.C=C.Cl.Cl. The molecular weight excluding hydrogens is 143 g/mol. The lowest BCUT2D eigenvalue weighted by molar-refractivity contribution is 2.81. The standard InChI is InChI=1S/3C2H4.2ClH/c3*1-2;;/h3*1-2H2;2*1H. The van der Waals surface area contributed by atoms with Gasteiger partial charge in [0.15, 0.2) is 0 Å². The molecule has 2 heteroatoms. The Hall–Kier alpha value is -0.200. The Morgan fingerprint density at radius 2 is 0.375 bits per heavy atom. The van der Waals surface area contributed by atoms with E-state index in [0.717, 1.165) is 0 Å². The minimum absolute atomic E-state index is 0. The van der Waals surface area contributed by atoms with E-state index in [1.807, 2.05) is 0 Å². The first-order valence-corrected chi connectivity index (χ1v) is 1.50. The fourth-order valence-corrected chi connectivity index (χ4v) is 0. The summed E-state index contributed by atoms with van der Waals surface area (Å²) in [7, 11) is 0. The van der Waals surface area contributed by atoms with Gasteiger partial charge in [-0.05, 0) is 0 Å². The van der Waals surface area contributed by atoms with Crippen molar-refractivity contribution < 1.29 is 0 Å². The molecule has 0 bridgehead atoms. The first-order valence-electron chi connectivity index (χ1n) is 1.50. The van der Waals surface area contributed by atoms with Crippen molar-refractivity contribution in [3.63, 3.8) is 0 Å². The van der Waals surface area contributed by atoms with Gasteiger partial charge in [0, 0.05) is 0 Å². The van der Waals surface area contributed by atoms with Crippen molar-refractivity contribution in [1.29, 1.82) is 0 Å². The Morgan fingerprint density at radius 3 is 0.375 bits per heavy atom. The summed E-state index contributed by atoms with van der Waals surface area (Å²) in [6, 6.07) is 0. The Balaban J connectivity index is -0.00000000500. The molecule has 0 amide bonds. The van der Waals surface area contributed by atoms with Crippen molar-refractivity contribution in [2.24, 2.45) is 0 Å². The number of hydrogen-bond acceptors (Lipinski definition) is 0. The summed E-state index contributed by atoms with van der Waals surface area (Å²) in [6.07, 6.45) is 0. The van der Waals surface area contributed by atoms with Crippen LogP contribution in [0.2, 0.25) is 0 Å². The quantitative estimate of drug-likeness (QED) is 0.473. The van der Waals surface area contributed by atoms with Crippen molar-refractivity contribution in [3.8, 4) is 0 Å². The van der Waals surface area contributed by atoms with Crippen molar-refractivity contribution in [3.05, 3.63) is 39.5 Å². The zero-order valence-electron chi connectivity index (χ0n) is 5.06. The van der Waals surface area contributed by atoms with Gasteiger partial charge in [0.05, 0.1) is 0 Å². The maximum absolute atomic E-state index is 3.00. The maximum Gasteiger partial charge on any atom is -0.106 e. The van der Waals surface area contributed by atoms with Crippen LogP contribution in [0, 0.1) is 0 Å². The molecule has 0 saturated heterocycles. The minimum atomic E-state index is 0. The van der Waals surface area contributed by atoms with Crippen molar-refractivity contribution in [2.75, 3.05) is 0 Å². The van der Waals surface area contributed by atoms with Gasteiger partial charge < -0.3 is 0 Å². The van der Waals surface area contributed by atoms with Crippen LogP contribution in [0.25, 0.3) is 0 Å². The molecule has 8 heavy (non-hydrogen) atoms. The summed E-state index contributed by atoms with van der Waals surface area (Å²) in [6.45, 7) is 18.0. The van der Waals surface area contributed by atoms with E-state index >= 15 is 0 Å². The molecule has 0 rings (SSSR count). The summed E-state index contributed by atoms with van der Waals surface area (Å²) >= 11 is 0. The molecule has 0 N–H and O–H groups in total. The topological polar surface area (TPSA) is 0 Å². The van der Waals surface area contributed by atoms with E-state index < -0.39 is 0 Å². The molecule has 0 atom stereocenters. The van der Waals surface area contributed by atoms with Gasteiger partial charge >= 0.3 is 0 Å². The van der Waals surface area contributed by atoms with Gasteiger partial charge in [-0.1, -0.05) is 0 Å². The van der Waals surface area contributed by atoms with Gasteiger partial charge in [-0.25, -0.2) is 0 Å². The summed E-state index contributed by atoms with van der Waals surface area (Å²) in [5.41, 5.74) is 0. The van der Waals surface area contributed by atoms with E-state index in [2.05, 4.69) is 39.5 Å². The van der Waals surface area contributed by atoms with Crippen LogP contribution in [0.15, 0.2) is 39.5 Å². The molecule has 0 aromatic heterocycles. The Bertz CT molecular complexity index is 11.2. The third kappa shape index (κ3) is 3340. The summed E-state index contributed by atoms with van der Waals surface area (Å²) in [5, 5.41) is 0. The second-order valence-corrected chi connectivity index (χ2v) is 0. The summed E-state index contributed by atoms with van der Waals surface area (Å²) in [4.78, 5) is 0. The molecular formula is C6H14Cl2. The van der Waals surface area contributed by atoms with Crippen LogP contribution >= 0.6 is 24.8 Å². The van der Waals surface area contributed by atoms with Crippen LogP contribution in [-0.2, 0) is 0 Å². The second kappa shape index (κ2) is 5720. The Morgan fingerprint density at radius 1 is 0.375 bits per heavy atom. The zero-order chi connectivity index (χ0) is 6.00. The molecule has 0 aromatic rings. The van der Waals surface area contributed by atoms with Crippen LogP contribution in [0.3, 0.4) is 0 Å². The maximum atomic E-state index is 3.00. The van der Waals surface area contributed by atoms with Crippen LogP contribution in [0.1, 0.15) is 0 Å². The fraction of sp³-hybridized carbons (Fsp3) is 0. The van der Waals surface area contributed by atoms with E-state index in [4.69, 9.17) is 0 Å². The van der Waals surface area contributed by atoms with Gasteiger partial charge in [-0.3, -0.25) is 0 Å². The fourth-order valence-electron chi connectivity index (χ4n) is 0. The Kier molecular flexibility index (Phi) is 32900. The molecule has 52 valence electrons. The summed E-state index contributed by atoms with van der Waals surface area (Å²) < 4.78 is 0. The third-order valence-corrected chi connectivity index (χ3v) is 0. The number of halogens is 2. The van der Waals surface area contributed by atoms with E-state index in [0.29, 0.717) is 0 Å². The lowest BCUT2D eigenvalue weighted by Crippen LogP contribution is -0.552. The minimum Gasteiger partial charge on any atom is -0.147 e. The van der Waals surface area contributed by atoms with Crippen LogP contribution < -0.4 is 0 Å². The monoisotopic (exact) mass is 156 g/mol. The highest BCUT2D eigenvalue weighted by molar-refractivity contribution is 5.85. The highest BCUT2D eigenvalue weighted by Crippen LogP contribution is 0.866. The van der Waals surface area contributed by atoms with Gasteiger partial charge in [-0.2, -0.15) is 0 Å². The van der Waals surface area contributed by atoms with Crippen molar-refractivity contribution >= 4 is 24.8 Å². The number of hydrogen-bond donors (Lipinski definition) is 0. The predicted molar refractivity (Wildman–Crippen MR) is 48.3 cm³/mol. The zero-order valence-corrected chi connectivity index (χ0v) is 6.69. The number of rotatable bonds is 0. The average Bonchev–Trinajstić information content (AvgIpc) is 1.81. The lowest BCUT2D eigenvalue weighted by atomic mass is 11.3. The molecule has 0 spiro atoms. The third-order valence-electron chi connectivity index (χ3n) is 0. The van der Waals surface area contributed by atoms with Gasteiger partial charge in [-0.15, -0.1) is 64.3 Å². The van der Waals surface area contributed by atoms with E-state index in [1.165, 1.54) is 0 Å². The molecule has 0 saturated carbocycles. The second-order valence-electron chi connectivity index (χ2n) is 0. The molecule has 0 heterocycles. The van der Waals surface area contributed by atoms with Crippen molar-refractivity contribution in [1.82, 2.24) is 0 Å². The smallest absolute Gasteiger partial charge is 0.106 e. The van der Waals surface area contributed by atoms with E-state index in [9.17, 15) is 0 Å². The average molecular weight is 157 g/mol. The van der Waals surface area contributed by atoms with Crippen molar-refractivity contribution in [2.45, 2.75) is 0 Å². The van der Waals surface area contributed by atoms with E-state index in [1.54, 1.807) is 0 Å². The molecule has 0 unspecified atom stereocenters. The molecule has 0 aliphatic rings. The van der Waals surface area contributed by atoms with Crippen LogP contribution in [-0.4, -0.2) is 0 Å². The lowest BCUT2D eigenvalue weighted by Gasteiger charge is -0.813. The van der Waals surface area contributed by atoms with Gasteiger partial charge in [0.1, 0.15) is 0 Å². The molecule has 0 aliphatic carbocycles. The van der Waals surface area contributed by atoms with Gasteiger partial charge in [0.25, 0.3) is 0 Å². The normalized spacial score (nSPS) is 1.50. The summed E-state index contributed by atoms with van der Waals surface area (Å²) in [5.74, 6) is 0. The molecule has 0 aromatic carbocycles. The molecule has 0 fully saturated rings. The molecule has 0 aliphatic heterocycles. The largest absolute Gasteiger partial charge is 0.147 e. The highest BCUT2D eigenvalue weighted by Gasteiger charge is 0.605. The van der Waals surface area contributed by atoms with Gasteiger partial charge in [0.2, 0.25) is 0 Å². The predicted octanol–water partition coefficient (Wildman–Crippen LogP) is 3.25. The van der Waals surface area contributed by atoms with Crippen LogP contribution in [0.4, 0.5) is 0 Å². The Labute approximate surface area is 64.8 Å². The molecule has 0 nitrogen and oxygen atoms in total. The first kappa shape index (κ1) is 46.0.